The van der Waals surface area contributed by atoms with Crippen molar-refractivity contribution in [1.82, 2.24) is 0 Å². The molecular weight excluding hydrogens is 154 g/mol. The van der Waals surface area contributed by atoms with Crippen molar-refractivity contribution >= 4 is 11.7 Å². The number of aliphatic hydroxyl groups excluding tert-OH is 3. The Labute approximate surface area is 62.2 Å². The number of ketones is 1. The van der Waals surface area contributed by atoms with E-state index in [4.69, 9.17) is 15.3 Å². The van der Waals surface area contributed by atoms with Crippen LogP contribution in [0.1, 0.15) is 0 Å². The molecule has 0 heterocycles. The van der Waals surface area contributed by atoms with Gasteiger partial charge in [0, 0.05) is 0 Å². The zero-order valence-electron chi connectivity index (χ0n) is 5.60. The quantitative estimate of drug-likeness (QED) is 0.324. The number of aliphatic hydroxyl groups is 3. The third kappa shape index (κ3) is 2.62. The minimum atomic E-state index is -1.93. The van der Waals surface area contributed by atoms with E-state index in [2.05, 4.69) is 5.73 Å². The summed E-state index contributed by atoms with van der Waals surface area (Å²) in [6, 6.07) is 0. The molecule has 0 aliphatic heterocycles. The first-order chi connectivity index (χ1) is 5.00. The van der Waals surface area contributed by atoms with E-state index < -0.39 is 30.5 Å². The van der Waals surface area contributed by atoms with Crippen molar-refractivity contribution in [3.63, 3.8) is 0 Å². The highest BCUT2D eigenvalue weighted by atomic mass is 16.4. The van der Waals surface area contributed by atoms with Crippen LogP contribution < -0.4 is 5.73 Å². The normalized spacial score (nSPS) is 15.5. The number of carbonyl (C=O) groups is 2. The first kappa shape index (κ1) is 10.0. The Balaban J connectivity index is 4.13. The Morgan fingerprint density at radius 1 is 1.36 bits per heavy atom. The largest absolute Gasteiger partial charge is 0.394 e. The molecule has 11 heavy (non-hydrogen) atoms. The second-order valence-electron chi connectivity index (χ2n) is 1.92. The molecule has 0 aromatic heterocycles. The van der Waals surface area contributed by atoms with Gasteiger partial charge in [-0.15, -0.1) is 0 Å². The maximum Gasteiger partial charge on any atom is 0.287 e. The zero-order valence-corrected chi connectivity index (χ0v) is 5.60. The molecule has 0 unspecified atom stereocenters. The van der Waals surface area contributed by atoms with Crippen LogP contribution in [-0.4, -0.2) is 45.8 Å². The number of primary amides is 1. The predicted octanol–water partition coefficient (Wildman–Crippen LogP) is -3.25. The lowest BCUT2D eigenvalue weighted by Gasteiger charge is -2.11. The van der Waals surface area contributed by atoms with E-state index in [1.54, 1.807) is 0 Å². The van der Waals surface area contributed by atoms with Gasteiger partial charge in [0.05, 0.1) is 6.61 Å². The van der Waals surface area contributed by atoms with Gasteiger partial charge in [-0.2, -0.15) is 0 Å². The van der Waals surface area contributed by atoms with Gasteiger partial charge in [-0.05, 0) is 0 Å². The third-order valence-electron chi connectivity index (χ3n) is 1.06. The Hall–Kier alpha value is -0.980. The number of carbonyl (C=O) groups excluding carboxylic acids is 2. The van der Waals surface area contributed by atoms with E-state index >= 15 is 0 Å². The Bertz CT molecular complexity index is 168. The average Bonchev–Trinajstić information content (AvgIpc) is 2.00. The van der Waals surface area contributed by atoms with Gasteiger partial charge < -0.3 is 21.1 Å². The molecule has 0 spiro atoms. The van der Waals surface area contributed by atoms with Crippen LogP contribution in [0.4, 0.5) is 0 Å². The van der Waals surface area contributed by atoms with Crippen LogP contribution in [0.15, 0.2) is 0 Å². The molecule has 0 fully saturated rings. The van der Waals surface area contributed by atoms with Gasteiger partial charge >= 0.3 is 0 Å². The van der Waals surface area contributed by atoms with E-state index in [-0.39, 0.29) is 0 Å². The summed E-state index contributed by atoms with van der Waals surface area (Å²) in [5.41, 5.74) is 4.49. The summed E-state index contributed by atoms with van der Waals surface area (Å²) in [4.78, 5) is 20.5. The van der Waals surface area contributed by atoms with Crippen molar-refractivity contribution < 1.29 is 24.9 Å². The van der Waals surface area contributed by atoms with Crippen LogP contribution in [0.25, 0.3) is 0 Å². The number of hydrogen-bond acceptors (Lipinski definition) is 5. The Morgan fingerprint density at radius 2 is 1.82 bits per heavy atom. The highest BCUT2D eigenvalue weighted by Crippen LogP contribution is 1.93. The summed E-state index contributed by atoms with van der Waals surface area (Å²) in [5, 5.41) is 25.5. The Kier molecular flexibility index (Phi) is 3.66. The van der Waals surface area contributed by atoms with E-state index in [1.807, 2.05) is 0 Å². The van der Waals surface area contributed by atoms with Gasteiger partial charge in [0.15, 0.2) is 0 Å². The lowest BCUT2D eigenvalue weighted by molar-refractivity contribution is -0.145. The van der Waals surface area contributed by atoms with Crippen molar-refractivity contribution in [2.24, 2.45) is 5.73 Å². The van der Waals surface area contributed by atoms with Crippen molar-refractivity contribution in [2.45, 2.75) is 12.2 Å². The van der Waals surface area contributed by atoms with Crippen LogP contribution in [-0.2, 0) is 9.59 Å². The van der Waals surface area contributed by atoms with E-state index in [9.17, 15) is 9.59 Å². The number of hydrogen-bond donors (Lipinski definition) is 4. The Morgan fingerprint density at radius 3 is 2.09 bits per heavy atom. The highest BCUT2D eigenvalue weighted by Gasteiger charge is 2.27. The smallest absolute Gasteiger partial charge is 0.287 e. The van der Waals surface area contributed by atoms with E-state index in [0.717, 1.165) is 0 Å². The van der Waals surface area contributed by atoms with Crippen LogP contribution in [0, 0.1) is 0 Å². The van der Waals surface area contributed by atoms with E-state index in [0.29, 0.717) is 0 Å². The monoisotopic (exact) mass is 163 g/mol. The van der Waals surface area contributed by atoms with Crippen LogP contribution in [0.2, 0.25) is 0 Å². The van der Waals surface area contributed by atoms with Crippen molar-refractivity contribution in [2.75, 3.05) is 6.61 Å². The molecule has 2 atom stereocenters. The fraction of sp³-hybridized carbons (Fsp3) is 0.600. The predicted molar refractivity (Wildman–Crippen MR) is 33.3 cm³/mol. The van der Waals surface area contributed by atoms with Crippen molar-refractivity contribution in [1.29, 1.82) is 0 Å². The summed E-state index contributed by atoms with van der Waals surface area (Å²) in [5.74, 6) is -2.66. The molecule has 0 saturated heterocycles. The first-order valence-corrected chi connectivity index (χ1v) is 2.81. The molecule has 6 heteroatoms. The summed E-state index contributed by atoms with van der Waals surface area (Å²) in [6.07, 6.45) is -3.59. The van der Waals surface area contributed by atoms with Gasteiger partial charge in [-0.1, -0.05) is 0 Å². The van der Waals surface area contributed by atoms with Crippen molar-refractivity contribution in [3.05, 3.63) is 0 Å². The summed E-state index contributed by atoms with van der Waals surface area (Å²) < 4.78 is 0. The van der Waals surface area contributed by atoms with Gasteiger partial charge in [-0.25, -0.2) is 0 Å². The average molecular weight is 163 g/mol. The van der Waals surface area contributed by atoms with E-state index in [1.165, 1.54) is 0 Å². The molecule has 5 N–H and O–H groups in total. The minimum absolute atomic E-state index is 0.805. The van der Waals surface area contributed by atoms with Crippen LogP contribution in [0.3, 0.4) is 0 Å². The molecule has 0 radical (unpaired) electrons. The highest BCUT2D eigenvalue weighted by molar-refractivity contribution is 6.37. The van der Waals surface area contributed by atoms with Crippen LogP contribution in [0.5, 0.6) is 0 Å². The van der Waals surface area contributed by atoms with Gasteiger partial charge in [-0.3, -0.25) is 9.59 Å². The molecule has 0 aliphatic carbocycles. The lowest BCUT2D eigenvalue weighted by atomic mass is 10.1. The number of rotatable bonds is 4. The fourth-order valence-electron chi connectivity index (χ4n) is 0.420. The molecule has 0 saturated carbocycles. The van der Waals surface area contributed by atoms with Gasteiger partial charge in [0.25, 0.3) is 11.7 Å². The molecular formula is C5H9NO5. The topological polar surface area (TPSA) is 121 Å². The maximum absolute atomic E-state index is 10.4. The molecule has 6 nitrogen and oxygen atoms in total. The van der Waals surface area contributed by atoms with Crippen molar-refractivity contribution in [3.8, 4) is 0 Å². The maximum atomic E-state index is 10.4. The van der Waals surface area contributed by atoms with Gasteiger partial charge in [0.2, 0.25) is 0 Å². The number of Topliss-reactive ketones (excluding diaryl/α,β-unsaturated/α-hetero) is 1. The standard InChI is InChI=1S/C5H9NO5/c6-5(11)4(10)3(9)2(8)1-7/h2-3,7-9H,1H2,(H2,6,11)/t2-,3-/m1/s1. The molecule has 64 valence electrons. The third-order valence-corrected chi connectivity index (χ3v) is 1.06. The summed E-state index contributed by atoms with van der Waals surface area (Å²) in [6.45, 7) is -0.805. The molecule has 0 rings (SSSR count). The second-order valence-corrected chi connectivity index (χ2v) is 1.92. The summed E-state index contributed by atoms with van der Waals surface area (Å²) in [7, 11) is 0. The van der Waals surface area contributed by atoms with Crippen LogP contribution >= 0.6 is 0 Å². The SMILES string of the molecule is NC(=O)C(=O)[C@H](O)[C@H](O)CO. The summed E-state index contributed by atoms with van der Waals surface area (Å²) >= 11 is 0. The molecule has 1 amide bonds. The molecule has 0 aliphatic rings. The minimum Gasteiger partial charge on any atom is -0.394 e. The molecule has 0 aromatic rings. The molecule has 0 aromatic carbocycles. The zero-order chi connectivity index (χ0) is 9.02. The fourth-order valence-corrected chi connectivity index (χ4v) is 0.420. The lowest BCUT2D eigenvalue weighted by Crippen LogP contribution is -2.42. The number of nitrogens with two attached hydrogens (primary N) is 1. The number of amides is 1. The van der Waals surface area contributed by atoms with Gasteiger partial charge in [0.1, 0.15) is 12.2 Å². The molecule has 0 bridgehead atoms. The first-order valence-electron chi connectivity index (χ1n) is 2.81. The second kappa shape index (κ2) is 4.02.